The summed E-state index contributed by atoms with van der Waals surface area (Å²) in [5.41, 5.74) is 9.12. The van der Waals surface area contributed by atoms with Crippen molar-refractivity contribution in [3.8, 4) is 0 Å². The van der Waals surface area contributed by atoms with E-state index < -0.39 is 0 Å². The topological polar surface area (TPSA) is 42.4 Å². The highest BCUT2D eigenvalue weighted by molar-refractivity contribution is 5.47. The number of rotatable bonds is 5. The van der Waals surface area contributed by atoms with E-state index in [0.717, 1.165) is 24.4 Å². The minimum atomic E-state index is 0.528. The molecule has 0 saturated carbocycles. The minimum absolute atomic E-state index is 0.528. The lowest BCUT2D eigenvalue weighted by atomic mass is 10.2. The van der Waals surface area contributed by atoms with Gasteiger partial charge >= 0.3 is 0 Å². The zero-order valence-electron chi connectivity index (χ0n) is 11.0. The average Bonchev–Trinajstić information content (AvgIpc) is 2.85. The zero-order valence-corrected chi connectivity index (χ0v) is 11.0. The minimum Gasteiger partial charge on any atom is -0.467 e. The number of hydrogen-bond acceptors (Lipinski definition) is 3. The first-order valence-corrected chi connectivity index (χ1v) is 6.31. The van der Waals surface area contributed by atoms with Gasteiger partial charge in [-0.3, -0.25) is 0 Å². The van der Waals surface area contributed by atoms with Gasteiger partial charge in [-0.1, -0.05) is 17.7 Å². The quantitative estimate of drug-likeness (QED) is 0.879. The monoisotopic (exact) mass is 244 g/mol. The highest BCUT2D eigenvalue weighted by Crippen LogP contribution is 2.18. The molecule has 0 spiro atoms. The van der Waals surface area contributed by atoms with Gasteiger partial charge in [-0.15, -0.1) is 0 Å². The normalized spacial score (nSPS) is 10.6. The third kappa shape index (κ3) is 2.93. The summed E-state index contributed by atoms with van der Waals surface area (Å²) in [6.45, 7) is 6.49. The standard InChI is InChI=1S/C15H20N2O/c1-3-17(14-6-4-12(2)5-7-14)10-15-8-13(9-16)11-18-15/h4-8,11H,3,9-10,16H2,1-2H3. The fourth-order valence-electron chi connectivity index (χ4n) is 1.95. The summed E-state index contributed by atoms with van der Waals surface area (Å²) < 4.78 is 5.51. The maximum Gasteiger partial charge on any atom is 0.123 e. The van der Waals surface area contributed by atoms with Gasteiger partial charge in [-0.05, 0) is 32.0 Å². The summed E-state index contributed by atoms with van der Waals surface area (Å²) in [6.07, 6.45) is 1.73. The lowest BCUT2D eigenvalue weighted by Gasteiger charge is -2.22. The number of hydrogen-bond donors (Lipinski definition) is 1. The van der Waals surface area contributed by atoms with E-state index in [9.17, 15) is 0 Å². The Labute approximate surface area is 108 Å². The fourth-order valence-corrected chi connectivity index (χ4v) is 1.95. The molecule has 3 heteroatoms. The Hall–Kier alpha value is -1.74. The van der Waals surface area contributed by atoms with Crippen LogP contribution >= 0.6 is 0 Å². The molecule has 0 amide bonds. The molecule has 1 aromatic heterocycles. The molecular weight excluding hydrogens is 224 g/mol. The number of aryl methyl sites for hydroxylation is 1. The number of nitrogens with zero attached hydrogens (tertiary/aromatic N) is 1. The fraction of sp³-hybridized carbons (Fsp3) is 0.333. The van der Waals surface area contributed by atoms with E-state index in [2.05, 4.69) is 43.0 Å². The van der Waals surface area contributed by atoms with Crippen LogP contribution in [0.2, 0.25) is 0 Å². The van der Waals surface area contributed by atoms with Crippen LogP contribution in [0.25, 0.3) is 0 Å². The van der Waals surface area contributed by atoms with Crippen LogP contribution in [-0.2, 0) is 13.1 Å². The summed E-state index contributed by atoms with van der Waals surface area (Å²) in [7, 11) is 0. The van der Waals surface area contributed by atoms with Crippen molar-refractivity contribution in [2.24, 2.45) is 5.73 Å². The van der Waals surface area contributed by atoms with Crippen molar-refractivity contribution in [2.75, 3.05) is 11.4 Å². The number of furan rings is 1. The van der Waals surface area contributed by atoms with Gasteiger partial charge in [0.2, 0.25) is 0 Å². The predicted octanol–water partition coefficient (Wildman–Crippen LogP) is 3.07. The van der Waals surface area contributed by atoms with E-state index >= 15 is 0 Å². The molecule has 0 aliphatic rings. The Morgan fingerprint density at radius 3 is 2.50 bits per heavy atom. The molecule has 0 saturated heterocycles. The molecule has 0 aliphatic carbocycles. The van der Waals surface area contributed by atoms with Crippen molar-refractivity contribution in [1.29, 1.82) is 0 Å². The Morgan fingerprint density at radius 1 is 1.22 bits per heavy atom. The summed E-state index contributed by atoms with van der Waals surface area (Å²) in [5.74, 6) is 0.956. The Bertz CT molecular complexity index is 487. The van der Waals surface area contributed by atoms with Crippen LogP contribution in [0.4, 0.5) is 5.69 Å². The van der Waals surface area contributed by atoms with Crippen LogP contribution < -0.4 is 10.6 Å². The third-order valence-corrected chi connectivity index (χ3v) is 3.07. The van der Waals surface area contributed by atoms with Crippen LogP contribution in [0, 0.1) is 6.92 Å². The van der Waals surface area contributed by atoms with Crippen LogP contribution in [-0.4, -0.2) is 6.54 Å². The molecule has 0 radical (unpaired) electrons. The van der Waals surface area contributed by atoms with Crippen molar-refractivity contribution in [3.05, 3.63) is 53.5 Å². The molecule has 2 N–H and O–H groups in total. The Morgan fingerprint density at radius 2 is 1.94 bits per heavy atom. The molecule has 2 rings (SSSR count). The number of benzene rings is 1. The molecule has 0 bridgehead atoms. The van der Waals surface area contributed by atoms with E-state index in [1.54, 1.807) is 6.26 Å². The van der Waals surface area contributed by atoms with Gasteiger partial charge in [0, 0.05) is 24.3 Å². The van der Waals surface area contributed by atoms with Crippen LogP contribution in [0.5, 0.6) is 0 Å². The smallest absolute Gasteiger partial charge is 0.123 e. The summed E-state index contributed by atoms with van der Waals surface area (Å²) in [6, 6.07) is 10.6. The summed E-state index contributed by atoms with van der Waals surface area (Å²) >= 11 is 0. The maximum atomic E-state index is 5.58. The molecule has 0 atom stereocenters. The first-order chi connectivity index (χ1) is 8.72. The SMILES string of the molecule is CCN(Cc1cc(CN)co1)c1ccc(C)cc1. The van der Waals surface area contributed by atoms with Gasteiger partial charge < -0.3 is 15.1 Å². The van der Waals surface area contributed by atoms with E-state index in [1.165, 1.54) is 11.3 Å². The molecule has 18 heavy (non-hydrogen) atoms. The Balaban J connectivity index is 2.11. The van der Waals surface area contributed by atoms with Crippen molar-refractivity contribution < 1.29 is 4.42 Å². The number of anilines is 1. The maximum absolute atomic E-state index is 5.58. The largest absolute Gasteiger partial charge is 0.467 e. The van der Waals surface area contributed by atoms with Crippen molar-refractivity contribution in [2.45, 2.75) is 26.9 Å². The molecule has 3 nitrogen and oxygen atoms in total. The van der Waals surface area contributed by atoms with E-state index in [0.29, 0.717) is 6.54 Å². The van der Waals surface area contributed by atoms with Gasteiger partial charge in [-0.25, -0.2) is 0 Å². The second-order valence-corrected chi connectivity index (χ2v) is 4.48. The van der Waals surface area contributed by atoms with Crippen molar-refractivity contribution in [3.63, 3.8) is 0 Å². The Kier molecular flexibility index (Phi) is 4.05. The first-order valence-electron chi connectivity index (χ1n) is 6.31. The van der Waals surface area contributed by atoms with Crippen molar-refractivity contribution >= 4 is 5.69 Å². The van der Waals surface area contributed by atoms with Crippen LogP contribution in [0.15, 0.2) is 41.0 Å². The lowest BCUT2D eigenvalue weighted by molar-refractivity contribution is 0.502. The highest BCUT2D eigenvalue weighted by atomic mass is 16.3. The molecule has 0 aliphatic heterocycles. The van der Waals surface area contributed by atoms with Crippen LogP contribution in [0.1, 0.15) is 23.8 Å². The van der Waals surface area contributed by atoms with Gasteiger partial charge in [0.25, 0.3) is 0 Å². The average molecular weight is 244 g/mol. The van der Waals surface area contributed by atoms with E-state index in [1.807, 2.05) is 6.07 Å². The molecule has 0 fully saturated rings. The molecule has 1 aromatic carbocycles. The first kappa shape index (κ1) is 12.7. The molecule has 2 aromatic rings. The second kappa shape index (κ2) is 5.74. The highest BCUT2D eigenvalue weighted by Gasteiger charge is 2.08. The van der Waals surface area contributed by atoms with Gasteiger partial charge in [-0.2, -0.15) is 0 Å². The molecule has 96 valence electrons. The molecular formula is C15H20N2O. The van der Waals surface area contributed by atoms with Gasteiger partial charge in [0.15, 0.2) is 0 Å². The lowest BCUT2D eigenvalue weighted by Crippen LogP contribution is -2.21. The van der Waals surface area contributed by atoms with Gasteiger partial charge in [0.05, 0.1) is 12.8 Å². The van der Waals surface area contributed by atoms with Crippen molar-refractivity contribution in [1.82, 2.24) is 0 Å². The van der Waals surface area contributed by atoms with Crippen LogP contribution in [0.3, 0.4) is 0 Å². The zero-order chi connectivity index (χ0) is 13.0. The number of nitrogens with two attached hydrogens (primary N) is 1. The summed E-state index contributed by atoms with van der Waals surface area (Å²) in [5, 5.41) is 0. The van der Waals surface area contributed by atoms with Gasteiger partial charge in [0.1, 0.15) is 5.76 Å². The molecule has 0 unspecified atom stereocenters. The summed E-state index contributed by atoms with van der Waals surface area (Å²) in [4.78, 5) is 2.28. The molecule has 1 heterocycles. The third-order valence-electron chi connectivity index (χ3n) is 3.07. The van der Waals surface area contributed by atoms with E-state index in [4.69, 9.17) is 10.2 Å². The van der Waals surface area contributed by atoms with E-state index in [-0.39, 0.29) is 0 Å². The predicted molar refractivity (Wildman–Crippen MR) is 74.5 cm³/mol. The second-order valence-electron chi connectivity index (χ2n) is 4.48.